The molecule has 0 atom stereocenters. The minimum atomic E-state index is 0.833. The predicted molar refractivity (Wildman–Crippen MR) is 81.0 cm³/mol. The zero-order valence-corrected chi connectivity index (χ0v) is 13.1. The third-order valence-corrected chi connectivity index (χ3v) is 2.42. The first-order valence-corrected chi connectivity index (χ1v) is 6.95. The lowest BCUT2D eigenvalue weighted by molar-refractivity contribution is 0.737. The van der Waals surface area contributed by atoms with Gasteiger partial charge >= 0.3 is 0 Å². The molecule has 0 aliphatic heterocycles. The standard InChI is InChI=1S/C11H17Br.C4H10/c1-4-6-7-8-9-11(12)10(3)5-2;1-4(2)3/h7-9H,3-6H2,1-2H3;4H,1-3H3/b8-7-,11-9+;. The molecule has 0 spiro atoms. The average Bonchev–Trinajstić information content (AvgIpc) is 2.22. The Hall–Kier alpha value is -0.300. The van der Waals surface area contributed by atoms with Gasteiger partial charge in [-0.15, -0.1) is 0 Å². The van der Waals surface area contributed by atoms with Gasteiger partial charge in [0.1, 0.15) is 0 Å². The second-order valence-electron chi connectivity index (χ2n) is 4.42. The van der Waals surface area contributed by atoms with E-state index in [1.165, 1.54) is 6.42 Å². The molecule has 0 rings (SSSR count). The van der Waals surface area contributed by atoms with E-state index in [-0.39, 0.29) is 0 Å². The molecule has 0 bridgehead atoms. The highest BCUT2D eigenvalue weighted by molar-refractivity contribution is 9.12. The fourth-order valence-corrected chi connectivity index (χ4v) is 1.14. The summed E-state index contributed by atoms with van der Waals surface area (Å²) in [6.45, 7) is 14.7. The molecule has 0 aliphatic carbocycles. The van der Waals surface area contributed by atoms with E-state index in [1.807, 2.05) is 0 Å². The Labute approximate surface area is 111 Å². The van der Waals surface area contributed by atoms with Crippen LogP contribution in [0.4, 0.5) is 0 Å². The zero-order chi connectivity index (χ0) is 13.0. The summed E-state index contributed by atoms with van der Waals surface area (Å²) in [5.41, 5.74) is 1.15. The van der Waals surface area contributed by atoms with Crippen molar-refractivity contribution in [1.82, 2.24) is 0 Å². The SMILES string of the molecule is C=C(CC)/C(Br)=C\C=C/CCC.CC(C)C. The van der Waals surface area contributed by atoms with Crippen LogP contribution in [-0.2, 0) is 0 Å². The topological polar surface area (TPSA) is 0 Å². The molecule has 0 aromatic carbocycles. The fourth-order valence-electron chi connectivity index (χ4n) is 0.702. The van der Waals surface area contributed by atoms with Gasteiger partial charge in [-0.2, -0.15) is 0 Å². The van der Waals surface area contributed by atoms with E-state index in [0.717, 1.165) is 28.8 Å². The van der Waals surface area contributed by atoms with Crippen molar-refractivity contribution in [1.29, 1.82) is 0 Å². The zero-order valence-electron chi connectivity index (χ0n) is 11.5. The summed E-state index contributed by atoms with van der Waals surface area (Å²) in [5.74, 6) is 0.833. The molecule has 0 heterocycles. The molecule has 0 aromatic heterocycles. The van der Waals surface area contributed by atoms with E-state index in [4.69, 9.17) is 0 Å². The van der Waals surface area contributed by atoms with Crippen LogP contribution in [0.15, 0.2) is 34.9 Å². The average molecular weight is 287 g/mol. The molecule has 0 N–H and O–H groups in total. The molecule has 94 valence electrons. The van der Waals surface area contributed by atoms with E-state index in [0.29, 0.717) is 0 Å². The molecule has 1 heteroatoms. The summed E-state index contributed by atoms with van der Waals surface area (Å²) < 4.78 is 1.11. The van der Waals surface area contributed by atoms with Gasteiger partial charge in [0.05, 0.1) is 0 Å². The maximum atomic E-state index is 3.92. The van der Waals surface area contributed by atoms with Gasteiger partial charge in [0.25, 0.3) is 0 Å². The van der Waals surface area contributed by atoms with Crippen LogP contribution in [0.5, 0.6) is 0 Å². The van der Waals surface area contributed by atoms with Crippen molar-refractivity contribution < 1.29 is 0 Å². The number of halogens is 1. The van der Waals surface area contributed by atoms with Gasteiger partial charge in [-0.25, -0.2) is 0 Å². The van der Waals surface area contributed by atoms with Crippen LogP contribution in [0, 0.1) is 5.92 Å². The Morgan fingerprint density at radius 3 is 2.12 bits per heavy atom. The van der Waals surface area contributed by atoms with Crippen LogP contribution in [0.1, 0.15) is 53.9 Å². The predicted octanol–water partition coefficient (Wildman–Crippen LogP) is 6.25. The Morgan fingerprint density at radius 1 is 1.25 bits per heavy atom. The van der Waals surface area contributed by atoms with Crippen LogP contribution in [0.2, 0.25) is 0 Å². The Balaban J connectivity index is 0. The van der Waals surface area contributed by atoms with E-state index in [1.54, 1.807) is 0 Å². The van der Waals surface area contributed by atoms with E-state index >= 15 is 0 Å². The van der Waals surface area contributed by atoms with Gasteiger partial charge in [-0.3, -0.25) is 0 Å². The molecule has 0 nitrogen and oxygen atoms in total. The van der Waals surface area contributed by atoms with Crippen molar-refractivity contribution in [3.8, 4) is 0 Å². The molecule has 0 amide bonds. The summed E-state index contributed by atoms with van der Waals surface area (Å²) in [6, 6.07) is 0. The van der Waals surface area contributed by atoms with Crippen molar-refractivity contribution >= 4 is 15.9 Å². The van der Waals surface area contributed by atoms with Crippen molar-refractivity contribution in [2.24, 2.45) is 5.92 Å². The van der Waals surface area contributed by atoms with E-state index in [2.05, 4.69) is 75.4 Å². The van der Waals surface area contributed by atoms with Gasteiger partial charge in [0.2, 0.25) is 0 Å². The molecule has 0 aliphatic rings. The maximum Gasteiger partial charge on any atom is 0.0201 e. The lowest BCUT2D eigenvalue weighted by Gasteiger charge is -1.97. The molecule has 0 saturated carbocycles. The Bertz CT molecular complexity index is 219. The summed E-state index contributed by atoms with van der Waals surface area (Å²) in [7, 11) is 0. The highest BCUT2D eigenvalue weighted by atomic mass is 79.9. The van der Waals surface area contributed by atoms with Gasteiger partial charge in [-0.1, -0.05) is 75.7 Å². The van der Waals surface area contributed by atoms with Gasteiger partial charge in [0.15, 0.2) is 0 Å². The Kier molecular flexibility index (Phi) is 14.4. The van der Waals surface area contributed by atoms with Crippen molar-refractivity contribution in [2.75, 3.05) is 0 Å². The minimum Gasteiger partial charge on any atom is -0.0947 e. The highest BCUT2D eigenvalue weighted by Crippen LogP contribution is 2.17. The number of unbranched alkanes of at least 4 members (excludes halogenated alkanes) is 1. The number of hydrogen-bond donors (Lipinski definition) is 0. The molecule has 0 aromatic rings. The monoisotopic (exact) mass is 286 g/mol. The van der Waals surface area contributed by atoms with Gasteiger partial charge in [0, 0.05) is 4.48 Å². The number of rotatable bonds is 5. The van der Waals surface area contributed by atoms with Crippen LogP contribution in [-0.4, -0.2) is 0 Å². The lowest BCUT2D eigenvalue weighted by Crippen LogP contribution is -1.75. The summed E-state index contributed by atoms with van der Waals surface area (Å²) >= 11 is 3.47. The molecule has 0 saturated heterocycles. The number of allylic oxidation sites excluding steroid dienone is 5. The smallest absolute Gasteiger partial charge is 0.0201 e. The van der Waals surface area contributed by atoms with E-state index in [9.17, 15) is 0 Å². The molecule has 0 radical (unpaired) electrons. The number of hydrogen-bond acceptors (Lipinski definition) is 0. The van der Waals surface area contributed by atoms with Gasteiger partial charge in [-0.05, 0) is 30.4 Å². The molecular weight excluding hydrogens is 260 g/mol. The van der Waals surface area contributed by atoms with Gasteiger partial charge < -0.3 is 0 Å². The Morgan fingerprint density at radius 2 is 1.75 bits per heavy atom. The quantitative estimate of drug-likeness (QED) is 0.524. The van der Waals surface area contributed by atoms with Crippen molar-refractivity contribution in [2.45, 2.75) is 53.9 Å². The summed E-state index contributed by atoms with van der Waals surface area (Å²) in [5, 5.41) is 0. The second-order valence-corrected chi connectivity index (χ2v) is 5.27. The second kappa shape index (κ2) is 12.8. The normalized spacial score (nSPS) is 11.6. The third-order valence-electron chi connectivity index (χ3n) is 1.60. The van der Waals surface area contributed by atoms with Crippen LogP contribution < -0.4 is 0 Å². The summed E-state index contributed by atoms with van der Waals surface area (Å²) in [6.07, 6.45) is 9.66. The first-order valence-electron chi connectivity index (χ1n) is 6.16. The molecule has 16 heavy (non-hydrogen) atoms. The molecular formula is C15H27Br. The van der Waals surface area contributed by atoms with Crippen LogP contribution in [0.3, 0.4) is 0 Å². The highest BCUT2D eigenvalue weighted by Gasteiger charge is 1.91. The third kappa shape index (κ3) is 16.1. The van der Waals surface area contributed by atoms with Crippen molar-refractivity contribution in [3.05, 3.63) is 34.9 Å². The fraction of sp³-hybridized carbons (Fsp3) is 0.600. The maximum absolute atomic E-state index is 3.92. The van der Waals surface area contributed by atoms with Crippen LogP contribution >= 0.6 is 15.9 Å². The first kappa shape index (κ1) is 18.1. The van der Waals surface area contributed by atoms with E-state index < -0.39 is 0 Å². The largest absolute Gasteiger partial charge is 0.0947 e. The molecule has 0 unspecified atom stereocenters. The lowest BCUT2D eigenvalue weighted by atomic mass is 10.2. The van der Waals surface area contributed by atoms with Crippen molar-refractivity contribution in [3.63, 3.8) is 0 Å². The molecule has 0 fully saturated rings. The minimum absolute atomic E-state index is 0.833. The first-order chi connectivity index (χ1) is 7.45. The van der Waals surface area contributed by atoms with Crippen LogP contribution in [0.25, 0.3) is 0 Å². The summed E-state index contributed by atoms with van der Waals surface area (Å²) in [4.78, 5) is 0.